The Morgan fingerprint density at radius 3 is 1.75 bits per heavy atom. The van der Waals surface area contributed by atoms with Crippen LogP contribution in [0, 0.1) is 23.7 Å². The van der Waals surface area contributed by atoms with Crippen LogP contribution in [-0.4, -0.2) is 25.4 Å². The summed E-state index contributed by atoms with van der Waals surface area (Å²) in [4.78, 5) is 2.26. The first-order valence-electron chi connectivity index (χ1n) is 12.5. The zero-order valence-electron chi connectivity index (χ0n) is 19.3. The molecule has 4 aliphatic rings. The van der Waals surface area contributed by atoms with Crippen molar-refractivity contribution in [3.05, 3.63) is 48.5 Å². The van der Waals surface area contributed by atoms with Gasteiger partial charge in [-0.15, -0.1) is 0 Å². The third-order valence-electron chi connectivity index (χ3n) is 9.32. The van der Waals surface area contributed by atoms with Crippen molar-refractivity contribution in [2.45, 2.75) is 62.7 Å². The monoisotopic (exact) mass is 558 g/mol. The van der Waals surface area contributed by atoms with Gasteiger partial charge in [-0.2, -0.15) is 0 Å². The molecule has 4 fully saturated rings. The Bertz CT molecular complexity index is 949. The first-order valence-corrected chi connectivity index (χ1v) is 15.3. The third kappa shape index (κ3) is 3.64. The van der Waals surface area contributed by atoms with Gasteiger partial charge in [0.25, 0.3) is 0 Å². The summed E-state index contributed by atoms with van der Waals surface area (Å²) < 4.78 is 0. The smallest absolute Gasteiger partial charge is 0.153 e. The molecule has 3 unspecified atom stereocenters. The summed E-state index contributed by atoms with van der Waals surface area (Å²) >= 11 is 8.25. The second-order valence-electron chi connectivity index (χ2n) is 11.1. The normalized spacial score (nSPS) is 34.3. The van der Waals surface area contributed by atoms with E-state index in [1.165, 1.54) is 68.2 Å². The molecule has 7 atom stereocenters. The molecular weight excluding hydrogens is 523 g/mol. The average Bonchev–Trinajstić information content (AvgIpc) is 3.60. The Balaban J connectivity index is 0.00000216. The Morgan fingerprint density at radius 1 is 0.719 bits per heavy atom. The van der Waals surface area contributed by atoms with Crippen LogP contribution in [0.5, 0.6) is 0 Å². The van der Waals surface area contributed by atoms with E-state index in [4.69, 9.17) is 11.2 Å². The summed E-state index contributed by atoms with van der Waals surface area (Å²) in [6, 6.07) is 18.3. The average molecular weight is 559 g/mol. The Morgan fingerprint density at radius 2 is 1.25 bits per heavy atom. The number of nitrogens with zero attached hydrogens (tertiary/aromatic N) is 1. The molecule has 0 aromatic heterocycles. The van der Waals surface area contributed by atoms with Crippen molar-refractivity contribution < 1.29 is 20.4 Å². The number of fused-ring (bicyclic) bond motifs is 4. The molecule has 6 rings (SSSR count). The van der Waals surface area contributed by atoms with E-state index in [1.54, 1.807) is 5.30 Å². The molecule has 2 aromatic carbocycles. The van der Waals surface area contributed by atoms with E-state index in [0.717, 1.165) is 35.0 Å². The van der Waals surface area contributed by atoms with Gasteiger partial charge in [0, 0.05) is 51.3 Å². The van der Waals surface area contributed by atoms with Crippen LogP contribution in [0.4, 0.5) is 5.69 Å². The van der Waals surface area contributed by atoms with Crippen molar-refractivity contribution >= 4 is 28.8 Å². The van der Waals surface area contributed by atoms with E-state index in [0.29, 0.717) is 0 Å². The van der Waals surface area contributed by atoms with E-state index in [2.05, 4.69) is 67.5 Å². The van der Waals surface area contributed by atoms with Crippen LogP contribution in [0.15, 0.2) is 48.5 Å². The Kier molecular flexibility index (Phi) is 6.58. The van der Waals surface area contributed by atoms with Crippen molar-refractivity contribution in [2.75, 3.05) is 19.0 Å². The zero-order valence-corrected chi connectivity index (χ0v) is 22.5. The molecule has 0 amide bonds. The second kappa shape index (κ2) is 9.01. The molecule has 4 heteroatoms. The SMILES string of the molecule is CN(C)c1ccccc1-c1ccccc1[P+](Cl)(C1C[C@@H]2CC[C@@H]1C2)C1C[C@H]2CC[C@H]1C2.[Pd]. The fourth-order valence-corrected chi connectivity index (χ4v) is 15.0. The van der Waals surface area contributed by atoms with Crippen LogP contribution in [-0.2, 0) is 20.4 Å². The standard InChI is InChI=1S/C28H36ClNP.Pd/c1-30(2)25-9-5-3-7-23(25)24-8-4-6-10-26(24)31(29,27-17-19-11-13-21(27)15-19)28-18-20-12-14-22(28)16-20;/h3-10,19-22,27-28H,11-18H2,1-2H3;/q+1;/t19-,20+,21-,22+,27?,28?,31?;. The molecule has 1 nitrogen and oxygen atoms in total. The number of rotatable bonds is 5. The molecule has 0 heterocycles. The summed E-state index contributed by atoms with van der Waals surface area (Å²) in [7, 11) is 4.33. The minimum Gasteiger partial charge on any atom is -0.377 e. The van der Waals surface area contributed by atoms with Crippen LogP contribution in [0.25, 0.3) is 11.1 Å². The summed E-state index contributed by atoms with van der Waals surface area (Å²) in [6.07, 6.45) is 11.5. The van der Waals surface area contributed by atoms with Gasteiger partial charge < -0.3 is 4.90 Å². The summed E-state index contributed by atoms with van der Waals surface area (Å²) in [5.41, 5.74) is 5.59. The maximum atomic E-state index is 8.25. The molecule has 32 heavy (non-hydrogen) atoms. The first kappa shape index (κ1) is 23.4. The van der Waals surface area contributed by atoms with Crippen molar-refractivity contribution in [1.82, 2.24) is 0 Å². The molecule has 4 saturated carbocycles. The maximum absolute atomic E-state index is 8.25. The molecule has 0 saturated heterocycles. The fourth-order valence-electron chi connectivity index (χ4n) is 8.04. The van der Waals surface area contributed by atoms with E-state index in [9.17, 15) is 0 Å². The largest absolute Gasteiger partial charge is 0.377 e. The molecule has 0 spiro atoms. The number of para-hydroxylation sites is 1. The fraction of sp³-hybridized carbons (Fsp3) is 0.571. The maximum Gasteiger partial charge on any atom is 0.153 e. The minimum absolute atomic E-state index is 0. The molecule has 174 valence electrons. The Hall–Kier alpha value is -0.378. The number of halogens is 1. The van der Waals surface area contributed by atoms with Crippen molar-refractivity contribution in [1.29, 1.82) is 0 Å². The zero-order chi connectivity index (χ0) is 21.2. The van der Waals surface area contributed by atoms with Crippen LogP contribution >= 0.6 is 17.9 Å². The minimum atomic E-state index is -1.80. The van der Waals surface area contributed by atoms with E-state index in [1.807, 2.05) is 0 Å². The van der Waals surface area contributed by atoms with E-state index < -0.39 is 6.62 Å². The van der Waals surface area contributed by atoms with Gasteiger partial charge in [-0.05, 0) is 87.2 Å². The van der Waals surface area contributed by atoms with Gasteiger partial charge in [0.05, 0.1) is 22.6 Å². The molecule has 0 radical (unpaired) electrons. The topological polar surface area (TPSA) is 3.24 Å². The van der Waals surface area contributed by atoms with Gasteiger partial charge >= 0.3 is 0 Å². The predicted molar refractivity (Wildman–Crippen MR) is 137 cm³/mol. The van der Waals surface area contributed by atoms with Crippen molar-refractivity contribution in [3.63, 3.8) is 0 Å². The summed E-state index contributed by atoms with van der Waals surface area (Å²) in [5, 5.41) is 1.54. The van der Waals surface area contributed by atoms with Crippen molar-refractivity contribution in [2.24, 2.45) is 23.7 Å². The molecular formula is C28H36ClNPPd+. The van der Waals surface area contributed by atoms with Gasteiger partial charge in [0.2, 0.25) is 0 Å². The van der Waals surface area contributed by atoms with Crippen LogP contribution in [0.3, 0.4) is 0 Å². The van der Waals surface area contributed by atoms with Gasteiger partial charge in [-0.1, -0.05) is 36.4 Å². The summed E-state index contributed by atoms with van der Waals surface area (Å²) in [5.74, 6) is 3.67. The molecule has 0 aliphatic heterocycles. The van der Waals surface area contributed by atoms with Gasteiger partial charge in [0.1, 0.15) is 5.30 Å². The predicted octanol–water partition coefficient (Wildman–Crippen LogP) is 7.59. The number of anilines is 1. The number of hydrogen-bond acceptors (Lipinski definition) is 1. The number of benzene rings is 2. The van der Waals surface area contributed by atoms with Crippen LogP contribution in [0.1, 0.15) is 51.4 Å². The molecule has 4 aliphatic carbocycles. The third-order valence-corrected chi connectivity index (χ3v) is 15.7. The molecule has 4 bridgehead atoms. The van der Waals surface area contributed by atoms with Gasteiger partial charge in [0.15, 0.2) is 6.62 Å². The second-order valence-corrected chi connectivity index (χ2v) is 16.0. The number of hydrogen-bond donors (Lipinski definition) is 0. The van der Waals surface area contributed by atoms with E-state index in [-0.39, 0.29) is 20.4 Å². The first-order chi connectivity index (χ1) is 15.1. The van der Waals surface area contributed by atoms with Crippen LogP contribution < -0.4 is 10.2 Å². The van der Waals surface area contributed by atoms with Crippen molar-refractivity contribution in [3.8, 4) is 11.1 Å². The quantitative estimate of drug-likeness (QED) is 0.270. The van der Waals surface area contributed by atoms with Crippen LogP contribution in [0.2, 0.25) is 0 Å². The van der Waals surface area contributed by atoms with Gasteiger partial charge in [-0.25, -0.2) is 0 Å². The molecule has 0 N–H and O–H groups in total. The Labute approximate surface area is 213 Å². The van der Waals surface area contributed by atoms with E-state index >= 15 is 0 Å². The summed E-state index contributed by atoms with van der Waals surface area (Å²) in [6.45, 7) is -1.80. The van der Waals surface area contributed by atoms with Gasteiger partial charge in [-0.3, -0.25) is 0 Å². The molecule has 2 aromatic rings.